The summed E-state index contributed by atoms with van der Waals surface area (Å²) in [5, 5.41) is 11.2. The van der Waals surface area contributed by atoms with Crippen LogP contribution in [0.25, 0.3) is 5.76 Å². The Hall–Kier alpha value is -3.97. The van der Waals surface area contributed by atoms with Crippen molar-refractivity contribution in [3.05, 3.63) is 107 Å². The van der Waals surface area contributed by atoms with Gasteiger partial charge in [-0.05, 0) is 60.6 Å². The number of amides is 1. The van der Waals surface area contributed by atoms with Crippen molar-refractivity contribution in [1.82, 2.24) is 9.80 Å². The maximum Gasteiger partial charge on any atom is 0.295 e. The van der Waals surface area contributed by atoms with Crippen molar-refractivity contribution in [2.75, 3.05) is 26.2 Å². The number of carbonyl (C=O) groups is 2. The third-order valence-corrected chi connectivity index (χ3v) is 6.65. The van der Waals surface area contributed by atoms with Crippen LogP contribution >= 0.6 is 0 Å². The first kappa shape index (κ1) is 26.1. The molecule has 1 atom stereocenters. The molecule has 1 unspecified atom stereocenters. The second-order valence-electron chi connectivity index (χ2n) is 8.87. The van der Waals surface area contributed by atoms with Crippen molar-refractivity contribution in [1.29, 1.82) is 0 Å². The van der Waals surface area contributed by atoms with Crippen LogP contribution in [0.4, 0.5) is 4.39 Å². The largest absolute Gasteiger partial charge is 0.507 e. The highest BCUT2D eigenvalue weighted by molar-refractivity contribution is 6.46. The number of aliphatic hydroxyl groups is 1. The second-order valence-corrected chi connectivity index (χ2v) is 8.87. The standard InChI is InChI=1S/C30H31FN2O4/c1-3-32(4-2)18-19-33-27(22-10-14-24(31)15-11-22)26(29(35)30(33)36)28(34)23-12-16-25(17-13-23)37-20-21-8-6-5-7-9-21/h5-17,27,34H,3-4,18-20H2,1-2H3/b28-26-. The molecule has 0 saturated carbocycles. The Labute approximate surface area is 216 Å². The average Bonchev–Trinajstić information content (AvgIpc) is 3.18. The molecule has 37 heavy (non-hydrogen) atoms. The number of halogens is 1. The Morgan fingerprint density at radius 2 is 1.59 bits per heavy atom. The molecule has 1 amide bonds. The molecule has 7 heteroatoms. The lowest BCUT2D eigenvalue weighted by molar-refractivity contribution is -0.140. The van der Waals surface area contributed by atoms with Crippen molar-refractivity contribution in [3.63, 3.8) is 0 Å². The van der Waals surface area contributed by atoms with Crippen LogP contribution in [0.2, 0.25) is 0 Å². The minimum atomic E-state index is -0.815. The van der Waals surface area contributed by atoms with Gasteiger partial charge < -0.3 is 19.6 Å². The van der Waals surface area contributed by atoms with Gasteiger partial charge in [-0.25, -0.2) is 4.39 Å². The lowest BCUT2D eigenvalue weighted by Crippen LogP contribution is -2.38. The van der Waals surface area contributed by atoms with Gasteiger partial charge in [-0.3, -0.25) is 9.59 Å². The van der Waals surface area contributed by atoms with E-state index in [1.54, 1.807) is 36.4 Å². The van der Waals surface area contributed by atoms with Gasteiger partial charge in [0, 0.05) is 18.7 Å². The third-order valence-electron chi connectivity index (χ3n) is 6.65. The Morgan fingerprint density at radius 3 is 2.22 bits per heavy atom. The summed E-state index contributed by atoms with van der Waals surface area (Å²) in [6, 6.07) is 21.3. The molecule has 4 rings (SSSR count). The molecule has 1 fully saturated rings. The van der Waals surface area contributed by atoms with E-state index in [-0.39, 0.29) is 11.3 Å². The molecule has 1 aliphatic heterocycles. The van der Waals surface area contributed by atoms with E-state index in [1.807, 2.05) is 44.2 Å². The molecule has 1 aliphatic rings. The SMILES string of the molecule is CCN(CC)CCN1C(=O)C(=O)/C(=C(\O)c2ccc(OCc3ccccc3)cc2)C1c1ccc(F)cc1. The summed E-state index contributed by atoms with van der Waals surface area (Å²) in [7, 11) is 0. The number of hydrogen-bond acceptors (Lipinski definition) is 5. The fraction of sp³-hybridized carbons (Fsp3) is 0.267. The molecule has 0 bridgehead atoms. The van der Waals surface area contributed by atoms with Gasteiger partial charge in [0.25, 0.3) is 11.7 Å². The summed E-state index contributed by atoms with van der Waals surface area (Å²) in [4.78, 5) is 29.9. The van der Waals surface area contributed by atoms with E-state index in [9.17, 15) is 19.1 Å². The van der Waals surface area contributed by atoms with E-state index in [4.69, 9.17) is 4.74 Å². The van der Waals surface area contributed by atoms with Gasteiger partial charge in [0.2, 0.25) is 0 Å². The van der Waals surface area contributed by atoms with Crippen LogP contribution in [-0.2, 0) is 16.2 Å². The minimum Gasteiger partial charge on any atom is -0.507 e. The third kappa shape index (κ3) is 5.89. The van der Waals surface area contributed by atoms with Gasteiger partial charge in [0.15, 0.2) is 0 Å². The molecule has 0 spiro atoms. The van der Waals surface area contributed by atoms with Crippen LogP contribution in [-0.4, -0.2) is 52.8 Å². The first-order chi connectivity index (χ1) is 17.9. The Bertz CT molecular complexity index is 1250. The zero-order valence-electron chi connectivity index (χ0n) is 21.1. The summed E-state index contributed by atoms with van der Waals surface area (Å²) >= 11 is 0. The monoisotopic (exact) mass is 502 g/mol. The minimum absolute atomic E-state index is 0.00545. The van der Waals surface area contributed by atoms with E-state index in [0.717, 1.165) is 18.7 Å². The maximum absolute atomic E-state index is 13.7. The van der Waals surface area contributed by atoms with E-state index < -0.39 is 23.5 Å². The fourth-order valence-corrected chi connectivity index (χ4v) is 4.50. The van der Waals surface area contributed by atoms with Crippen molar-refractivity contribution in [2.45, 2.75) is 26.5 Å². The van der Waals surface area contributed by atoms with Crippen LogP contribution in [0.1, 0.15) is 36.6 Å². The van der Waals surface area contributed by atoms with Gasteiger partial charge in [-0.1, -0.05) is 56.3 Å². The van der Waals surface area contributed by atoms with E-state index in [0.29, 0.717) is 36.6 Å². The molecule has 0 aliphatic carbocycles. The van der Waals surface area contributed by atoms with E-state index >= 15 is 0 Å². The van der Waals surface area contributed by atoms with Crippen LogP contribution in [0.5, 0.6) is 5.75 Å². The smallest absolute Gasteiger partial charge is 0.295 e. The summed E-state index contributed by atoms with van der Waals surface area (Å²) in [5.41, 5.74) is 1.97. The van der Waals surface area contributed by atoms with E-state index in [2.05, 4.69) is 4.90 Å². The number of likely N-dealkylation sites (N-methyl/N-ethyl adjacent to an activating group) is 1. The number of nitrogens with zero attached hydrogens (tertiary/aromatic N) is 2. The Morgan fingerprint density at radius 1 is 0.946 bits per heavy atom. The normalized spacial score (nSPS) is 17.0. The number of carbonyl (C=O) groups excluding carboxylic acids is 2. The molecule has 3 aromatic carbocycles. The summed E-state index contributed by atoms with van der Waals surface area (Å²) in [6.07, 6.45) is 0. The van der Waals surface area contributed by atoms with Crippen LogP contribution in [0, 0.1) is 5.82 Å². The lowest BCUT2D eigenvalue weighted by Gasteiger charge is -2.28. The number of rotatable bonds is 10. The molecule has 6 nitrogen and oxygen atoms in total. The second kappa shape index (κ2) is 11.8. The number of hydrogen-bond donors (Lipinski definition) is 1. The van der Waals surface area contributed by atoms with Gasteiger partial charge in [-0.2, -0.15) is 0 Å². The van der Waals surface area contributed by atoms with Crippen LogP contribution in [0.15, 0.2) is 84.4 Å². The zero-order chi connectivity index (χ0) is 26.4. The molecule has 0 radical (unpaired) electrons. The number of likely N-dealkylation sites (tertiary alicyclic amines) is 1. The van der Waals surface area contributed by atoms with Crippen LogP contribution < -0.4 is 4.74 Å². The first-order valence-electron chi connectivity index (χ1n) is 12.5. The van der Waals surface area contributed by atoms with Gasteiger partial charge in [0.05, 0.1) is 11.6 Å². The Kier molecular flexibility index (Phi) is 8.36. The number of aliphatic hydroxyl groups excluding tert-OH is 1. The average molecular weight is 503 g/mol. The van der Waals surface area contributed by atoms with Crippen molar-refractivity contribution in [2.24, 2.45) is 0 Å². The van der Waals surface area contributed by atoms with Crippen LogP contribution in [0.3, 0.4) is 0 Å². The topological polar surface area (TPSA) is 70.1 Å². The number of Topliss-reactive ketones (excluding diaryl/α,β-unsaturated/α-hetero) is 1. The molecule has 192 valence electrons. The maximum atomic E-state index is 13.7. The highest BCUT2D eigenvalue weighted by Gasteiger charge is 2.45. The molecular formula is C30H31FN2O4. The quantitative estimate of drug-likeness (QED) is 0.235. The number of ether oxygens (including phenoxy) is 1. The predicted octanol–water partition coefficient (Wildman–Crippen LogP) is 5.17. The lowest BCUT2D eigenvalue weighted by atomic mass is 9.95. The first-order valence-corrected chi connectivity index (χ1v) is 12.5. The molecule has 1 saturated heterocycles. The molecule has 1 N–H and O–H groups in total. The van der Waals surface area contributed by atoms with Crippen molar-refractivity contribution < 1.29 is 23.8 Å². The Balaban J connectivity index is 1.64. The van der Waals surface area contributed by atoms with Gasteiger partial charge in [0.1, 0.15) is 23.9 Å². The number of benzene rings is 3. The highest BCUT2D eigenvalue weighted by Crippen LogP contribution is 2.39. The zero-order valence-corrected chi connectivity index (χ0v) is 21.1. The molecule has 0 aromatic heterocycles. The molecule has 1 heterocycles. The van der Waals surface area contributed by atoms with Crippen molar-refractivity contribution in [3.8, 4) is 5.75 Å². The molecular weight excluding hydrogens is 471 g/mol. The fourth-order valence-electron chi connectivity index (χ4n) is 4.50. The van der Waals surface area contributed by atoms with Gasteiger partial charge in [-0.15, -0.1) is 0 Å². The van der Waals surface area contributed by atoms with E-state index in [1.165, 1.54) is 17.0 Å². The van der Waals surface area contributed by atoms with Crippen molar-refractivity contribution >= 4 is 17.4 Å². The molecule has 3 aromatic rings. The summed E-state index contributed by atoms with van der Waals surface area (Å²) < 4.78 is 19.5. The van der Waals surface area contributed by atoms with Gasteiger partial charge >= 0.3 is 0 Å². The summed E-state index contributed by atoms with van der Waals surface area (Å²) in [5.74, 6) is -1.51. The highest BCUT2D eigenvalue weighted by atomic mass is 19.1. The number of ketones is 1. The summed E-state index contributed by atoms with van der Waals surface area (Å²) in [6.45, 7) is 6.95. The predicted molar refractivity (Wildman–Crippen MR) is 140 cm³/mol.